The lowest BCUT2D eigenvalue weighted by Crippen LogP contribution is -2.42. The van der Waals surface area contributed by atoms with Gasteiger partial charge in [0, 0.05) is 25.0 Å². The zero-order valence-electron chi connectivity index (χ0n) is 11.3. The van der Waals surface area contributed by atoms with Crippen LogP contribution in [0.2, 0.25) is 0 Å². The van der Waals surface area contributed by atoms with E-state index in [1.807, 2.05) is 0 Å². The van der Waals surface area contributed by atoms with Gasteiger partial charge in [-0.05, 0) is 39.8 Å². The van der Waals surface area contributed by atoms with Gasteiger partial charge in [0.05, 0.1) is 6.54 Å². The van der Waals surface area contributed by atoms with Crippen molar-refractivity contribution < 1.29 is 4.79 Å². The first kappa shape index (κ1) is 13.0. The van der Waals surface area contributed by atoms with Gasteiger partial charge in [0.15, 0.2) is 0 Å². The fourth-order valence-corrected chi connectivity index (χ4v) is 3.23. The van der Waals surface area contributed by atoms with Gasteiger partial charge in [-0.1, -0.05) is 12.8 Å². The summed E-state index contributed by atoms with van der Waals surface area (Å²) in [6.07, 6.45) is 5.99. The molecule has 0 aromatic heterocycles. The molecule has 98 valence electrons. The Hall–Kier alpha value is -0.410. The van der Waals surface area contributed by atoms with Crippen molar-refractivity contribution in [1.29, 1.82) is 0 Å². The molecule has 0 radical (unpaired) electrons. The minimum atomic E-state index is 0.378. The number of ketones is 1. The van der Waals surface area contributed by atoms with Crippen molar-refractivity contribution >= 4 is 5.78 Å². The predicted molar refractivity (Wildman–Crippen MR) is 70.1 cm³/mol. The lowest BCUT2D eigenvalue weighted by molar-refractivity contribution is -0.124. The zero-order chi connectivity index (χ0) is 12.3. The van der Waals surface area contributed by atoms with Crippen LogP contribution in [0.1, 0.15) is 39.0 Å². The maximum atomic E-state index is 12.2. The van der Waals surface area contributed by atoms with Crippen molar-refractivity contribution in [3.8, 4) is 0 Å². The average molecular weight is 238 g/mol. The molecule has 2 fully saturated rings. The summed E-state index contributed by atoms with van der Waals surface area (Å²) in [5.41, 5.74) is 0. The van der Waals surface area contributed by atoms with Crippen molar-refractivity contribution in [1.82, 2.24) is 9.80 Å². The predicted octanol–water partition coefficient (Wildman–Crippen LogP) is 1.77. The van der Waals surface area contributed by atoms with Crippen LogP contribution in [0, 0.1) is 5.92 Å². The maximum Gasteiger partial charge on any atom is 0.149 e. The van der Waals surface area contributed by atoms with Gasteiger partial charge < -0.3 is 4.90 Å². The molecule has 3 nitrogen and oxygen atoms in total. The number of nitrogens with zero attached hydrogens (tertiary/aromatic N) is 2. The molecule has 17 heavy (non-hydrogen) atoms. The van der Waals surface area contributed by atoms with E-state index in [2.05, 4.69) is 23.8 Å². The van der Waals surface area contributed by atoms with Crippen LogP contribution in [0.5, 0.6) is 0 Å². The smallest absolute Gasteiger partial charge is 0.149 e. The fourth-order valence-electron chi connectivity index (χ4n) is 3.23. The van der Waals surface area contributed by atoms with Crippen LogP contribution < -0.4 is 0 Å². The standard InChI is InChI=1S/C14H26N2O/c1-12-10-15(2)8-5-9-16(12)11-14(17)13-6-3-4-7-13/h12-13H,3-11H2,1-2H3. The summed E-state index contributed by atoms with van der Waals surface area (Å²) in [6, 6.07) is 0.521. The average Bonchev–Trinajstić information content (AvgIpc) is 2.75. The summed E-state index contributed by atoms with van der Waals surface area (Å²) in [4.78, 5) is 17.0. The van der Waals surface area contributed by atoms with Crippen molar-refractivity contribution in [2.45, 2.75) is 45.1 Å². The van der Waals surface area contributed by atoms with Crippen molar-refractivity contribution in [3.05, 3.63) is 0 Å². The number of hydrogen-bond acceptors (Lipinski definition) is 3. The largest absolute Gasteiger partial charge is 0.305 e. The molecule has 2 rings (SSSR count). The minimum Gasteiger partial charge on any atom is -0.305 e. The SMILES string of the molecule is CC1CN(C)CCCN1CC(=O)C1CCCC1. The van der Waals surface area contributed by atoms with E-state index in [9.17, 15) is 4.79 Å². The summed E-state index contributed by atoms with van der Waals surface area (Å²) >= 11 is 0. The van der Waals surface area contributed by atoms with E-state index in [-0.39, 0.29) is 0 Å². The Labute approximate surface area is 105 Å². The van der Waals surface area contributed by atoms with Gasteiger partial charge >= 0.3 is 0 Å². The number of carbonyl (C=O) groups is 1. The molecule has 1 aliphatic carbocycles. The Balaban J connectivity index is 1.86. The molecule has 1 heterocycles. The van der Waals surface area contributed by atoms with E-state index in [0.717, 1.165) is 25.9 Å². The van der Waals surface area contributed by atoms with E-state index in [0.29, 0.717) is 24.3 Å². The molecular weight excluding hydrogens is 212 g/mol. The molecule has 0 aromatic carbocycles. The highest BCUT2D eigenvalue weighted by Crippen LogP contribution is 2.26. The fraction of sp³-hybridized carbons (Fsp3) is 0.929. The molecule has 1 saturated carbocycles. The summed E-state index contributed by atoms with van der Waals surface area (Å²) in [5.74, 6) is 0.877. The topological polar surface area (TPSA) is 23.6 Å². The molecule has 3 heteroatoms. The van der Waals surface area contributed by atoms with Crippen LogP contribution >= 0.6 is 0 Å². The van der Waals surface area contributed by atoms with Gasteiger partial charge in [0.1, 0.15) is 5.78 Å². The Kier molecular flexibility index (Phi) is 4.57. The summed E-state index contributed by atoms with van der Waals surface area (Å²) < 4.78 is 0. The van der Waals surface area contributed by atoms with Gasteiger partial charge in [-0.15, -0.1) is 0 Å². The van der Waals surface area contributed by atoms with Gasteiger partial charge in [0.25, 0.3) is 0 Å². The third kappa shape index (κ3) is 3.52. The number of Topliss-reactive ketones (excluding diaryl/α,β-unsaturated/α-hetero) is 1. The number of rotatable bonds is 3. The first-order valence-electron chi connectivity index (χ1n) is 7.12. The van der Waals surface area contributed by atoms with Crippen molar-refractivity contribution in [3.63, 3.8) is 0 Å². The Bertz CT molecular complexity index is 261. The third-order valence-electron chi connectivity index (χ3n) is 4.35. The molecular formula is C14H26N2O. The Morgan fingerprint density at radius 2 is 1.88 bits per heavy atom. The Morgan fingerprint density at radius 3 is 2.59 bits per heavy atom. The van der Waals surface area contributed by atoms with E-state index in [1.54, 1.807) is 0 Å². The second-order valence-electron chi connectivity index (χ2n) is 5.88. The number of hydrogen-bond donors (Lipinski definition) is 0. The van der Waals surface area contributed by atoms with Crippen LogP contribution in [0.4, 0.5) is 0 Å². The summed E-state index contributed by atoms with van der Waals surface area (Å²) in [7, 11) is 2.18. The second kappa shape index (κ2) is 5.96. The highest BCUT2D eigenvalue weighted by Gasteiger charge is 2.27. The van der Waals surface area contributed by atoms with E-state index in [1.165, 1.54) is 25.8 Å². The molecule has 2 aliphatic rings. The normalized spacial score (nSPS) is 29.4. The van der Waals surface area contributed by atoms with Gasteiger partial charge in [-0.25, -0.2) is 0 Å². The highest BCUT2D eigenvalue weighted by atomic mass is 16.1. The van der Waals surface area contributed by atoms with Crippen LogP contribution in [0.15, 0.2) is 0 Å². The quantitative estimate of drug-likeness (QED) is 0.748. The molecule has 1 atom stereocenters. The van der Waals surface area contributed by atoms with Crippen molar-refractivity contribution in [2.24, 2.45) is 5.92 Å². The molecule has 0 N–H and O–H groups in total. The second-order valence-corrected chi connectivity index (χ2v) is 5.88. The molecule has 0 spiro atoms. The third-order valence-corrected chi connectivity index (χ3v) is 4.35. The molecule has 0 amide bonds. The summed E-state index contributed by atoms with van der Waals surface area (Å²) in [6.45, 7) is 6.30. The van der Waals surface area contributed by atoms with Crippen LogP contribution in [-0.4, -0.2) is 54.9 Å². The molecule has 1 unspecified atom stereocenters. The minimum absolute atomic E-state index is 0.378. The van der Waals surface area contributed by atoms with Crippen molar-refractivity contribution in [2.75, 3.05) is 33.2 Å². The van der Waals surface area contributed by atoms with Crippen LogP contribution in [0.25, 0.3) is 0 Å². The molecule has 0 aromatic rings. The lowest BCUT2D eigenvalue weighted by atomic mass is 10.0. The van der Waals surface area contributed by atoms with E-state index in [4.69, 9.17) is 0 Å². The van der Waals surface area contributed by atoms with E-state index < -0.39 is 0 Å². The van der Waals surface area contributed by atoms with Gasteiger partial charge in [0.2, 0.25) is 0 Å². The molecule has 1 saturated heterocycles. The first-order chi connectivity index (χ1) is 8.16. The Morgan fingerprint density at radius 1 is 1.18 bits per heavy atom. The first-order valence-corrected chi connectivity index (χ1v) is 7.12. The zero-order valence-corrected chi connectivity index (χ0v) is 11.3. The lowest BCUT2D eigenvalue weighted by Gasteiger charge is -2.28. The number of carbonyl (C=O) groups excluding carboxylic acids is 1. The molecule has 1 aliphatic heterocycles. The maximum absolute atomic E-state index is 12.2. The summed E-state index contributed by atoms with van der Waals surface area (Å²) in [5, 5.41) is 0. The monoisotopic (exact) mass is 238 g/mol. The van der Waals surface area contributed by atoms with Gasteiger partial charge in [-0.3, -0.25) is 9.69 Å². The van der Waals surface area contributed by atoms with Crippen LogP contribution in [0.3, 0.4) is 0 Å². The van der Waals surface area contributed by atoms with Gasteiger partial charge in [-0.2, -0.15) is 0 Å². The molecule has 0 bridgehead atoms. The van der Waals surface area contributed by atoms with Crippen LogP contribution in [-0.2, 0) is 4.79 Å². The highest BCUT2D eigenvalue weighted by molar-refractivity contribution is 5.83. The number of likely N-dealkylation sites (N-methyl/N-ethyl adjacent to an activating group) is 1. The van der Waals surface area contributed by atoms with E-state index >= 15 is 0 Å².